The molecule has 7 heteroatoms. The van der Waals surface area contributed by atoms with Gasteiger partial charge in [-0.1, -0.05) is 48.5 Å². The van der Waals surface area contributed by atoms with Gasteiger partial charge in [0.05, 0.1) is 5.69 Å². The van der Waals surface area contributed by atoms with Crippen LogP contribution in [0.15, 0.2) is 65.5 Å². The first kappa shape index (κ1) is 14.7. The summed E-state index contributed by atoms with van der Waals surface area (Å²) in [5, 5.41) is 8.76. The first-order valence-electron chi connectivity index (χ1n) is 5.99. The van der Waals surface area contributed by atoms with Crippen LogP contribution >= 0.6 is 11.6 Å². The molecule has 0 saturated carbocycles. The lowest BCUT2D eigenvalue weighted by Crippen LogP contribution is -2.15. The van der Waals surface area contributed by atoms with Crippen molar-refractivity contribution < 1.29 is 4.79 Å². The van der Waals surface area contributed by atoms with Crippen LogP contribution in [0, 0.1) is 0 Å². The van der Waals surface area contributed by atoms with Gasteiger partial charge in [-0.3, -0.25) is 4.79 Å². The van der Waals surface area contributed by atoms with E-state index in [-0.39, 0.29) is 5.69 Å². The standard InChI is InChI=1S/C7H5ClO.C7H6N4O/c8-7(9)6-4-2-1-3-5-6;12-7-8-9-10-11(7)6-4-2-1-3-5-6/h1-5H;1-5H,(H,8,10,12). The molecule has 0 aliphatic rings. The van der Waals surface area contributed by atoms with Crippen LogP contribution in [-0.4, -0.2) is 25.4 Å². The number of tetrazole rings is 1. The number of carbonyl (C=O) groups is 1. The molecule has 1 heterocycles. The third-order valence-electron chi connectivity index (χ3n) is 2.47. The molecule has 0 saturated heterocycles. The van der Waals surface area contributed by atoms with E-state index < -0.39 is 5.24 Å². The van der Waals surface area contributed by atoms with Crippen molar-refractivity contribution in [3.63, 3.8) is 0 Å². The van der Waals surface area contributed by atoms with Crippen molar-refractivity contribution in [3.8, 4) is 5.69 Å². The molecule has 2 aromatic carbocycles. The number of para-hydroxylation sites is 1. The number of halogens is 1. The molecule has 0 spiro atoms. The number of aromatic nitrogens is 4. The number of carbonyl (C=O) groups excluding carboxylic acids is 1. The molecule has 0 fully saturated rings. The van der Waals surface area contributed by atoms with E-state index in [4.69, 9.17) is 11.6 Å². The molecule has 0 unspecified atom stereocenters. The summed E-state index contributed by atoms with van der Waals surface area (Å²) in [7, 11) is 0. The van der Waals surface area contributed by atoms with Crippen molar-refractivity contribution in [2.45, 2.75) is 0 Å². The summed E-state index contributed by atoms with van der Waals surface area (Å²) in [6, 6.07) is 17.8. The van der Waals surface area contributed by atoms with Gasteiger partial charge in [0, 0.05) is 5.56 Å². The van der Waals surface area contributed by atoms with E-state index in [0.29, 0.717) is 11.3 Å². The Morgan fingerprint density at radius 3 is 2.00 bits per heavy atom. The summed E-state index contributed by atoms with van der Waals surface area (Å²) in [5.74, 6) is 0. The Bertz CT molecular complexity index is 753. The molecule has 0 aliphatic carbocycles. The zero-order chi connectivity index (χ0) is 15.1. The summed E-state index contributed by atoms with van der Waals surface area (Å²) in [5.41, 5.74) is 0.914. The fraction of sp³-hybridized carbons (Fsp3) is 0. The number of benzene rings is 2. The number of rotatable bonds is 2. The highest BCUT2D eigenvalue weighted by Gasteiger charge is 1.99. The van der Waals surface area contributed by atoms with Crippen molar-refractivity contribution in [2.24, 2.45) is 0 Å². The average Bonchev–Trinajstić information content (AvgIpc) is 2.96. The maximum atomic E-state index is 11.0. The SMILES string of the molecule is O=C(Cl)c1ccccc1.O=c1[nH]nnn1-c1ccccc1. The molecule has 21 heavy (non-hydrogen) atoms. The zero-order valence-electron chi connectivity index (χ0n) is 10.8. The van der Waals surface area contributed by atoms with Gasteiger partial charge in [0.25, 0.3) is 5.24 Å². The second-order valence-electron chi connectivity index (χ2n) is 3.89. The van der Waals surface area contributed by atoms with Crippen LogP contribution in [-0.2, 0) is 0 Å². The normalized spacial score (nSPS) is 9.57. The molecule has 6 nitrogen and oxygen atoms in total. The molecule has 0 atom stereocenters. The van der Waals surface area contributed by atoms with Gasteiger partial charge in [0.2, 0.25) is 0 Å². The Hall–Kier alpha value is -2.73. The lowest BCUT2D eigenvalue weighted by atomic mass is 10.2. The molecular formula is C14H11ClN4O2. The Labute approximate surface area is 125 Å². The predicted octanol–water partition coefficient (Wildman–Crippen LogP) is 2.02. The summed E-state index contributed by atoms with van der Waals surface area (Å²) in [6.45, 7) is 0. The number of nitrogens with one attached hydrogen (secondary N) is 1. The predicted molar refractivity (Wildman–Crippen MR) is 78.6 cm³/mol. The average molecular weight is 303 g/mol. The fourth-order valence-corrected chi connectivity index (χ4v) is 1.63. The minimum absolute atomic E-state index is 0.332. The number of aromatic amines is 1. The molecule has 0 aliphatic heterocycles. The van der Waals surface area contributed by atoms with Gasteiger partial charge in [-0.2, -0.15) is 4.68 Å². The topological polar surface area (TPSA) is 80.6 Å². The second kappa shape index (κ2) is 7.16. The Kier molecular flexibility index (Phi) is 5.00. The third-order valence-corrected chi connectivity index (χ3v) is 2.69. The molecule has 1 aromatic heterocycles. The number of hydrogen-bond donors (Lipinski definition) is 1. The van der Waals surface area contributed by atoms with Crippen LogP contribution in [0.4, 0.5) is 0 Å². The van der Waals surface area contributed by atoms with Crippen molar-refractivity contribution in [3.05, 3.63) is 76.7 Å². The molecule has 0 amide bonds. The van der Waals surface area contributed by atoms with E-state index in [9.17, 15) is 9.59 Å². The van der Waals surface area contributed by atoms with Gasteiger partial charge in [-0.25, -0.2) is 9.89 Å². The Morgan fingerprint density at radius 1 is 1.00 bits per heavy atom. The molecular weight excluding hydrogens is 292 g/mol. The van der Waals surface area contributed by atoms with Gasteiger partial charge in [0.15, 0.2) is 0 Å². The summed E-state index contributed by atoms with van der Waals surface area (Å²) in [6.07, 6.45) is 0. The lowest BCUT2D eigenvalue weighted by Gasteiger charge is -1.94. The quantitative estimate of drug-likeness (QED) is 0.734. The number of nitrogens with zero attached hydrogens (tertiary/aromatic N) is 3. The minimum atomic E-state index is -0.407. The van der Waals surface area contributed by atoms with Gasteiger partial charge < -0.3 is 0 Å². The van der Waals surface area contributed by atoms with E-state index in [0.717, 1.165) is 0 Å². The van der Waals surface area contributed by atoms with Crippen LogP contribution in [0.3, 0.4) is 0 Å². The van der Waals surface area contributed by atoms with E-state index in [2.05, 4.69) is 15.5 Å². The summed E-state index contributed by atoms with van der Waals surface area (Å²) < 4.78 is 1.19. The Balaban J connectivity index is 0.000000161. The lowest BCUT2D eigenvalue weighted by molar-refractivity contribution is 0.108. The fourth-order valence-electron chi connectivity index (χ4n) is 1.51. The molecule has 0 radical (unpaired) electrons. The largest absolute Gasteiger partial charge is 0.365 e. The van der Waals surface area contributed by atoms with Crippen molar-refractivity contribution >= 4 is 16.8 Å². The summed E-state index contributed by atoms with van der Waals surface area (Å²) >= 11 is 5.16. The maximum absolute atomic E-state index is 11.0. The summed E-state index contributed by atoms with van der Waals surface area (Å²) in [4.78, 5) is 21.4. The van der Waals surface area contributed by atoms with Gasteiger partial charge in [0.1, 0.15) is 0 Å². The van der Waals surface area contributed by atoms with Crippen LogP contribution in [0.25, 0.3) is 5.69 Å². The second-order valence-corrected chi connectivity index (χ2v) is 4.24. The Morgan fingerprint density at radius 2 is 1.57 bits per heavy atom. The third kappa shape index (κ3) is 4.12. The van der Waals surface area contributed by atoms with Crippen molar-refractivity contribution in [2.75, 3.05) is 0 Å². The van der Waals surface area contributed by atoms with E-state index in [1.165, 1.54) is 4.68 Å². The van der Waals surface area contributed by atoms with E-state index in [1.54, 1.807) is 36.4 Å². The molecule has 3 rings (SSSR count). The van der Waals surface area contributed by atoms with Gasteiger partial charge in [-0.05, 0) is 34.2 Å². The zero-order valence-corrected chi connectivity index (χ0v) is 11.6. The van der Waals surface area contributed by atoms with Crippen molar-refractivity contribution in [1.29, 1.82) is 0 Å². The van der Waals surface area contributed by atoms with Crippen LogP contribution in [0.2, 0.25) is 0 Å². The first-order valence-corrected chi connectivity index (χ1v) is 6.37. The van der Waals surface area contributed by atoms with Crippen LogP contribution < -0.4 is 5.69 Å². The van der Waals surface area contributed by atoms with Crippen LogP contribution in [0.1, 0.15) is 10.4 Å². The highest BCUT2D eigenvalue weighted by atomic mass is 35.5. The van der Waals surface area contributed by atoms with Crippen LogP contribution in [0.5, 0.6) is 0 Å². The highest BCUT2D eigenvalue weighted by Crippen LogP contribution is 2.01. The molecule has 0 bridgehead atoms. The molecule has 3 aromatic rings. The van der Waals surface area contributed by atoms with Crippen molar-refractivity contribution in [1.82, 2.24) is 20.2 Å². The first-order chi connectivity index (χ1) is 10.2. The maximum Gasteiger partial charge on any atom is 0.365 e. The molecule has 106 valence electrons. The monoisotopic (exact) mass is 302 g/mol. The van der Waals surface area contributed by atoms with Gasteiger partial charge in [-0.15, -0.1) is 0 Å². The molecule has 1 N–H and O–H groups in total. The number of hydrogen-bond acceptors (Lipinski definition) is 4. The highest BCUT2D eigenvalue weighted by molar-refractivity contribution is 6.67. The van der Waals surface area contributed by atoms with Gasteiger partial charge >= 0.3 is 5.69 Å². The minimum Gasteiger partial charge on any atom is -0.276 e. The smallest absolute Gasteiger partial charge is 0.276 e. The van der Waals surface area contributed by atoms with E-state index >= 15 is 0 Å². The number of H-pyrrole nitrogens is 1. The van der Waals surface area contributed by atoms with E-state index in [1.807, 2.05) is 24.3 Å².